The second-order valence-electron chi connectivity index (χ2n) is 6.55. The van der Waals surface area contributed by atoms with Gasteiger partial charge < -0.3 is 5.11 Å². The predicted molar refractivity (Wildman–Crippen MR) is 101 cm³/mol. The molecule has 25 heavy (non-hydrogen) atoms. The standard InChI is InChI=1S/C19H22BN3O2/c1-11-4-5-13(8-14(11)10-20)16(9-18(24)25)15-6-7-17-19(12(15)2)21-22-23(17)3/h4-8,16H,9-10,20H2,1-3H3,(H,24,25). The van der Waals surface area contributed by atoms with Crippen LogP contribution in [0.1, 0.15) is 40.2 Å². The lowest BCUT2D eigenvalue weighted by Gasteiger charge is -2.20. The molecule has 0 radical (unpaired) electrons. The third-order valence-electron chi connectivity index (χ3n) is 4.99. The van der Waals surface area contributed by atoms with E-state index in [0.29, 0.717) is 0 Å². The number of aliphatic carboxylic acids is 1. The van der Waals surface area contributed by atoms with E-state index in [2.05, 4.69) is 37.2 Å². The molecule has 0 amide bonds. The molecule has 6 heteroatoms. The predicted octanol–water partition coefficient (Wildman–Crippen LogP) is 2.32. The zero-order chi connectivity index (χ0) is 18.1. The molecule has 3 rings (SSSR count). The van der Waals surface area contributed by atoms with Crippen molar-refractivity contribution >= 4 is 24.8 Å². The van der Waals surface area contributed by atoms with Crippen LogP contribution in [0.15, 0.2) is 30.3 Å². The van der Waals surface area contributed by atoms with E-state index < -0.39 is 5.97 Å². The zero-order valence-corrected chi connectivity index (χ0v) is 15.1. The van der Waals surface area contributed by atoms with Crippen molar-refractivity contribution in [3.63, 3.8) is 0 Å². The maximum Gasteiger partial charge on any atom is 0.304 e. The first-order valence-corrected chi connectivity index (χ1v) is 8.52. The van der Waals surface area contributed by atoms with Gasteiger partial charge in [0.05, 0.1) is 11.9 Å². The highest BCUT2D eigenvalue weighted by Crippen LogP contribution is 2.34. The van der Waals surface area contributed by atoms with E-state index in [1.165, 1.54) is 11.1 Å². The number of carbonyl (C=O) groups is 1. The molecular weight excluding hydrogens is 313 g/mol. The van der Waals surface area contributed by atoms with Gasteiger partial charge in [-0.15, -0.1) is 5.10 Å². The first kappa shape index (κ1) is 17.2. The van der Waals surface area contributed by atoms with Gasteiger partial charge in [-0.25, -0.2) is 4.68 Å². The van der Waals surface area contributed by atoms with Gasteiger partial charge in [-0.2, -0.15) is 0 Å². The summed E-state index contributed by atoms with van der Waals surface area (Å²) >= 11 is 0. The van der Waals surface area contributed by atoms with Crippen LogP contribution in [0.25, 0.3) is 11.0 Å². The smallest absolute Gasteiger partial charge is 0.304 e. The van der Waals surface area contributed by atoms with Crippen LogP contribution in [0.5, 0.6) is 0 Å². The van der Waals surface area contributed by atoms with Crippen LogP contribution in [0.2, 0.25) is 0 Å². The summed E-state index contributed by atoms with van der Waals surface area (Å²) in [5.41, 5.74) is 7.31. The van der Waals surface area contributed by atoms with Gasteiger partial charge in [0.15, 0.2) is 0 Å². The van der Waals surface area contributed by atoms with Crippen molar-refractivity contribution in [1.82, 2.24) is 15.0 Å². The molecule has 0 saturated heterocycles. The van der Waals surface area contributed by atoms with Crippen LogP contribution in [0.3, 0.4) is 0 Å². The lowest BCUT2D eigenvalue weighted by molar-refractivity contribution is -0.137. The Morgan fingerprint density at radius 2 is 2.04 bits per heavy atom. The number of rotatable bonds is 5. The molecule has 0 spiro atoms. The van der Waals surface area contributed by atoms with E-state index in [9.17, 15) is 9.90 Å². The molecule has 0 fully saturated rings. The van der Waals surface area contributed by atoms with Gasteiger partial charge >= 0.3 is 5.97 Å². The third kappa shape index (κ3) is 3.16. The van der Waals surface area contributed by atoms with Crippen LogP contribution >= 0.6 is 0 Å². The van der Waals surface area contributed by atoms with Gasteiger partial charge in [-0.1, -0.05) is 41.4 Å². The summed E-state index contributed by atoms with van der Waals surface area (Å²) in [6.45, 7) is 4.09. The van der Waals surface area contributed by atoms with Crippen LogP contribution in [-0.4, -0.2) is 33.9 Å². The van der Waals surface area contributed by atoms with Crippen LogP contribution in [-0.2, 0) is 18.2 Å². The fourth-order valence-corrected chi connectivity index (χ4v) is 3.50. The molecule has 1 unspecified atom stereocenters. The van der Waals surface area contributed by atoms with Crippen LogP contribution in [0.4, 0.5) is 0 Å². The first-order chi connectivity index (χ1) is 11.9. The summed E-state index contributed by atoms with van der Waals surface area (Å²) < 4.78 is 1.74. The van der Waals surface area contributed by atoms with Crippen molar-refractivity contribution < 1.29 is 9.90 Å². The highest BCUT2D eigenvalue weighted by molar-refractivity contribution is 6.08. The molecule has 1 heterocycles. The molecule has 0 aliphatic rings. The van der Waals surface area contributed by atoms with E-state index in [4.69, 9.17) is 0 Å². The number of aryl methyl sites for hydroxylation is 3. The molecule has 1 aromatic heterocycles. The van der Waals surface area contributed by atoms with Crippen molar-refractivity contribution in [2.45, 2.75) is 32.5 Å². The number of carboxylic acids is 1. The number of hydrogen-bond acceptors (Lipinski definition) is 3. The number of aromatic nitrogens is 3. The first-order valence-electron chi connectivity index (χ1n) is 8.52. The average molecular weight is 335 g/mol. The Labute approximate surface area is 148 Å². The van der Waals surface area contributed by atoms with Crippen LogP contribution in [0, 0.1) is 13.8 Å². The summed E-state index contributed by atoms with van der Waals surface area (Å²) in [5, 5.41) is 17.8. The van der Waals surface area contributed by atoms with E-state index in [1.807, 2.05) is 32.2 Å². The molecule has 3 aromatic rings. The molecule has 5 nitrogen and oxygen atoms in total. The van der Waals surface area contributed by atoms with Crippen molar-refractivity contribution in [2.75, 3.05) is 0 Å². The van der Waals surface area contributed by atoms with Gasteiger partial charge in [-0.05, 0) is 42.2 Å². The Bertz CT molecular complexity index is 949. The summed E-state index contributed by atoms with van der Waals surface area (Å²) in [7, 11) is 3.98. The summed E-state index contributed by atoms with van der Waals surface area (Å²) in [6.07, 6.45) is 0.987. The fraction of sp³-hybridized carbons (Fsp3) is 0.316. The lowest BCUT2D eigenvalue weighted by atomic mass is 9.83. The second-order valence-corrected chi connectivity index (χ2v) is 6.55. The molecular formula is C19H22BN3O2. The largest absolute Gasteiger partial charge is 0.481 e. The Balaban J connectivity index is 2.16. The normalized spacial score (nSPS) is 12.4. The zero-order valence-electron chi connectivity index (χ0n) is 15.1. The fourth-order valence-electron chi connectivity index (χ4n) is 3.50. The maximum absolute atomic E-state index is 11.5. The van der Waals surface area contributed by atoms with E-state index in [1.54, 1.807) is 4.68 Å². The Kier molecular flexibility index (Phi) is 4.62. The van der Waals surface area contributed by atoms with Gasteiger partial charge in [0.1, 0.15) is 13.4 Å². The average Bonchev–Trinajstić information content (AvgIpc) is 2.96. The molecule has 0 aliphatic carbocycles. The number of benzene rings is 2. The molecule has 0 aliphatic heterocycles. The van der Waals surface area contributed by atoms with Crippen molar-refractivity contribution in [1.29, 1.82) is 0 Å². The third-order valence-corrected chi connectivity index (χ3v) is 4.99. The van der Waals surface area contributed by atoms with E-state index >= 15 is 0 Å². The number of nitrogens with zero attached hydrogens (tertiary/aromatic N) is 3. The minimum Gasteiger partial charge on any atom is -0.481 e. The maximum atomic E-state index is 11.5. The van der Waals surface area contributed by atoms with Gasteiger partial charge in [0, 0.05) is 13.0 Å². The van der Waals surface area contributed by atoms with Crippen molar-refractivity contribution in [3.8, 4) is 0 Å². The monoisotopic (exact) mass is 335 g/mol. The van der Waals surface area contributed by atoms with Crippen molar-refractivity contribution in [3.05, 3.63) is 58.1 Å². The highest BCUT2D eigenvalue weighted by atomic mass is 16.4. The Morgan fingerprint density at radius 3 is 2.72 bits per heavy atom. The topological polar surface area (TPSA) is 68.0 Å². The molecule has 1 N–H and O–H groups in total. The van der Waals surface area contributed by atoms with Crippen LogP contribution < -0.4 is 0 Å². The summed E-state index contributed by atoms with van der Waals surface area (Å²) in [6, 6.07) is 10.3. The lowest BCUT2D eigenvalue weighted by Crippen LogP contribution is -2.10. The number of hydrogen-bond donors (Lipinski definition) is 1. The molecule has 0 bridgehead atoms. The minimum absolute atomic E-state index is 0.0544. The highest BCUT2D eigenvalue weighted by Gasteiger charge is 2.22. The van der Waals surface area contributed by atoms with E-state index in [0.717, 1.165) is 34.0 Å². The molecule has 128 valence electrons. The van der Waals surface area contributed by atoms with Crippen molar-refractivity contribution in [2.24, 2.45) is 7.05 Å². The summed E-state index contributed by atoms with van der Waals surface area (Å²) in [5.74, 6) is -1.00. The van der Waals surface area contributed by atoms with Gasteiger partial charge in [0.25, 0.3) is 0 Å². The SMILES string of the molecule is BCc1cc(C(CC(=O)O)c2ccc3c(nnn3C)c2C)ccc1C. The van der Waals surface area contributed by atoms with E-state index in [-0.39, 0.29) is 12.3 Å². The van der Waals surface area contributed by atoms with Gasteiger partial charge in [0.2, 0.25) is 0 Å². The second kappa shape index (κ2) is 6.71. The Hall–Kier alpha value is -2.63. The molecule has 1 atom stereocenters. The number of carboxylic acid groups (broad SMARTS) is 1. The van der Waals surface area contributed by atoms with Gasteiger partial charge in [-0.3, -0.25) is 4.79 Å². The Morgan fingerprint density at radius 1 is 1.28 bits per heavy atom. The minimum atomic E-state index is -0.803. The quantitative estimate of drug-likeness (QED) is 0.727. The number of fused-ring (bicyclic) bond motifs is 1. The molecule has 2 aromatic carbocycles. The molecule has 0 saturated carbocycles. The summed E-state index contributed by atoms with van der Waals surface area (Å²) in [4.78, 5) is 11.5.